The first kappa shape index (κ1) is 16.2. The molecule has 1 fully saturated rings. The summed E-state index contributed by atoms with van der Waals surface area (Å²) >= 11 is 0. The number of ether oxygens (including phenoxy) is 1. The van der Waals surface area contributed by atoms with Gasteiger partial charge in [0.15, 0.2) is 0 Å². The third kappa shape index (κ3) is 4.42. The Bertz CT molecular complexity index is 549. The highest BCUT2D eigenvalue weighted by atomic mass is 19.1. The predicted octanol–water partition coefficient (Wildman–Crippen LogP) is 0.304. The average Bonchev–Trinajstić information content (AvgIpc) is 2.87. The number of carbonyl (C=O) groups is 2. The van der Waals surface area contributed by atoms with Crippen molar-refractivity contribution in [2.24, 2.45) is 0 Å². The van der Waals surface area contributed by atoms with Crippen molar-refractivity contribution in [1.82, 2.24) is 10.2 Å². The second-order valence-electron chi connectivity index (χ2n) is 5.44. The molecule has 2 rings (SSSR count). The van der Waals surface area contributed by atoms with Crippen LogP contribution < -0.4 is 10.1 Å². The molecule has 1 saturated heterocycles. The summed E-state index contributed by atoms with van der Waals surface area (Å²) in [5.74, 6) is -0.421. The summed E-state index contributed by atoms with van der Waals surface area (Å²) in [6, 6.07) is 5.51. The normalized spacial score (nSPS) is 20.8. The fraction of sp³-hybridized carbons (Fsp3) is 0.467. The SMILES string of the molecule is CC(=O)NCC(=O)N1CCC(O)(COc2ccc(F)cc2)C1. The number of halogens is 1. The number of nitrogens with zero attached hydrogens (tertiary/aromatic N) is 1. The van der Waals surface area contributed by atoms with Gasteiger partial charge in [0.05, 0.1) is 13.1 Å². The monoisotopic (exact) mass is 310 g/mol. The van der Waals surface area contributed by atoms with E-state index in [4.69, 9.17) is 4.74 Å². The van der Waals surface area contributed by atoms with Crippen molar-refractivity contribution in [2.45, 2.75) is 18.9 Å². The average molecular weight is 310 g/mol. The summed E-state index contributed by atoms with van der Waals surface area (Å²) in [4.78, 5) is 24.2. The molecule has 120 valence electrons. The quantitative estimate of drug-likeness (QED) is 0.820. The number of benzene rings is 1. The number of β-amino-alcohol motifs (C(OH)–C–C–N with tert-alkyl or cyclic N) is 1. The van der Waals surface area contributed by atoms with Crippen LogP contribution in [-0.4, -0.2) is 53.7 Å². The molecule has 0 saturated carbocycles. The van der Waals surface area contributed by atoms with Gasteiger partial charge in [0.25, 0.3) is 0 Å². The van der Waals surface area contributed by atoms with Gasteiger partial charge >= 0.3 is 0 Å². The highest BCUT2D eigenvalue weighted by Crippen LogP contribution is 2.23. The predicted molar refractivity (Wildman–Crippen MR) is 76.7 cm³/mol. The number of aliphatic hydroxyl groups is 1. The largest absolute Gasteiger partial charge is 0.491 e. The maximum Gasteiger partial charge on any atom is 0.242 e. The summed E-state index contributed by atoms with van der Waals surface area (Å²) in [6.45, 7) is 1.82. The number of nitrogens with one attached hydrogen (secondary N) is 1. The molecule has 1 aliphatic heterocycles. The van der Waals surface area contributed by atoms with Crippen LogP contribution in [0.5, 0.6) is 5.75 Å². The van der Waals surface area contributed by atoms with E-state index in [0.717, 1.165) is 0 Å². The molecule has 0 aromatic heterocycles. The van der Waals surface area contributed by atoms with Gasteiger partial charge in [0.1, 0.15) is 23.8 Å². The van der Waals surface area contributed by atoms with Crippen LogP contribution >= 0.6 is 0 Å². The number of hydrogen-bond donors (Lipinski definition) is 2. The second kappa shape index (κ2) is 6.74. The molecular weight excluding hydrogens is 291 g/mol. The van der Waals surface area contributed by atoms with Crippen molar-refractivity contribution < 1.29 is 23.8 Å². The van der Waals surface area contributed by atoms with Crippen LogP contribution in [0.2, 0.25) is 0 Å². The summed E-state index contributed by atoms with van der Waals surface area (Å²) in [7, 11) is 0. The Morgan fingerprint density at radius 1 is 1.41 bits per heavy atom. The fourth-order valence-electron chi connectivity index (χ4n) is 2.25. The lowest BCUT2D eigenvalue weighted by Gasteiger charge is -2.23. The molecule has 0 spiro atoms. The zero-order valence-electron chi connectivity index (χ0n) is 12.3. The third-order valence-corrected chi connectivity index (χ3v) is 3.49. The van der Waals surface area contributed by atoms with Crippen LogP contribution in [0.4, 0.5) is 4.39 Å². The first-order valence-corrected chi connectivity index (χ1v) is 7.01. The molecule has 1 aliphatic rings. The fourth-order valence-corrected chi connectivity index (χ4v) is 2.25. The lowest BCUT2D eigenvalue weighted by Crippen LogP contribution is -2.43. The van der Waals surface area contributed by atoms with Gasteiger partial charge in [-0.2, -0.15) is 0 Å². The van der Waals surface area contributed by atoms with E-state index in [2.05, 4.69) is 5.32 Å². The smallest absolute Gasteiger partial charge is 0.242 e. The number of hydrogen-bond acceptors (Lipinski definition) is 4. The van der Waals surface area contributed by atoms with Crippen LogP contribution in [0, 0.1) is 5.82 Å². The topological polar surface area (TPSA) is 78.9 Å². The molecule has 1 aromatic carbocycles. The molecule has 1 atom stereocenters. The Morgan fingerprint density at radius 3 is 2.73 bits per heavy atom. The molecule has 7 heteroatoms. The lowest BCUT2D eigenvalue weighted by atomic mass is 10.1. The summed E-state index contributed by atoms with van der Waals surface area (Å²) in [5.41, 5.74) is -1.14. The second-order valence-corrected chi connectivity index (χ2v) is 5.44. The van der Waals surface area contributed by atoms with Crippen molar-refractivity contribution in [3.05, 3.63) is 30.1 Å². The van der Waals surface area contributed by atoms with E-state index >= 15 is 0 Å². The number of likely N-dealkylation sites (tertiary alicyclic amines) is 1. The third-order valence-electron chi connectivity index (χ3n) is 3.49. The Kier molecular flexibility index (Phi) is 4.97. The molecule has 1 aromatic rings. The molecule has 22 heavy (non-hydrogen) atoms. The van der Waals surface area contributed by atoms with E-state index in [-0.39, 0.29) is 37.3 Å². The maximum absolute atomic E-state index is 12.8. The molecule has 6 nitrogen and oxygen atoms in total. The van der Waals surface area contributed by atoms with Crippen LogP contribution in [0.1, 0.15) is 13.3 Å². The molecule has 2 amide bonds. The Balaban J connectivity index is 1.83. The van der Waals surface area contributed by atoms with Crippen LogP contribution in [0.3, 0.4) is 0 Å². The van der Waals surface area contributed by atoms with E-state index in [9.17, 15) is 19.1 Å². The first-order valence-electron chi connectivity index (χ1n) is 7.01. The van der Waals surface area contributed by atoms with Gasteiger partial charge in [-0.1, -0.05) is 0 Å². The molecule has 0 aliphatic carbocycles. The van der Waals surface area contributed by atoms with Crippen LogP contribution in [0.15, 0.2) is 24.3 Å². The first-order chi connectivity index (χ1) is 10.4. The molecule has 0 bridgehead atoms. The Hall–Kier alpha value is -2.15. The molecule has 0 radical (unpaired) electrons. The summed E-state index contributed by atoms with van der Waals surface area (Å²) < 4.78 is 18.2. The minimum absolute atomic E-state index is 0.0164. The number of carbonyl (C=O) groups excluding carboxylic acids is 2. The maximum atomic E-state index is 12.8. The van der Waals surface area contributed by atoms with Gasteiger partial charge in [-0.25, -0.2) is 4.39 Å². The van der Waals surface area contributed by atoms with Crippen molar-refractivity contribution in [3.8, 4) is 5.75 Å². The van der Waals surface area contributed by atoms with E-state index in [0.29, 0.717) is 18.7 Å². The zero-order chi connectivity index (χ0) is 16.2. The van der Waals surface area contributed by atoms with Gasteiger partial charge < -0.3 is 20.1 Å². The van der Waals surface area contributed by atoms with Gasteiger partial charge in [-0.05, 0) is 30.7 Å². The van der Waals surface area contributed by atoms with E-state index < -0.39 is 5.60 Å². The zero-order valence-corrected chi connectivity index (χ0v) is 12.3. The highest BCUT2D eigenvalue weighted by molar-refractivity contribution is 5.83. The molecule has 2 N–H and O–H groups in total. The highest BCUT2D eigenvalue weighted by Gasteiger charge is 2.38. The Morgan fingerprint density at radius 2 is 2.09 bits per heavy atom. The van der Waals surface area contributed by atoms with Crippen molar-refractivity contribution in [1.29, 1.82) is 0 Å². The van der Waals surface area contributed by atoms with Gasteiger partial charge in [-0.15, -0.1) is 0 Å². The van der Waals surface area contributed by atoms with Crippen LogP contribution in [-0.2, 0) is 9.59 Å². The Labute approximate surface area is 127 Å². The lowest BCUT2D eigenvalue weighted by molar-refractivity contribution is -0.132. The van der Waals surface area contributed by atoms with Gasteiger partial charge in [0, 0.05) is 13.5 Å². The number of rotatable bonds is 5. The van der Waals surface area contributed by atoms with Crippen molar-refractivity contribution in [2.75, 3.05) is 26.2 Å². The number of amides is 2. The summed E-state index contributed by atoms with van der Waals surface area (Å²) in [6.07, 6.45) is 0.389. The van der Waals surface area contributed by atoms with Crippen LogP contribution in [0.25, 0.3) is 0 Å². The minimum Gasteiger partial charge on any atom is -0.491 e. The van der Waals surface area contributed by atoms with E-state index in [1.54, 1.807) is 0 Å². The standard InChI is InChI=1S/C15H19FN2O4/c1-11(19)17-8-14(20)18-7-6-15(21,9-18)10-22-13-4-2-12(16)3-5-13/h2-5,21H,6-10H2,1H3,(H,17,19). The molecular formula is C15H19FN2O4. The minimum atomic E-state index is -1.14. The van der Waals surface area contributed by atoms with Gasteiger partial charge in [-0.3, -0.25) is 9.59 Å². The van der Waals surface area contributed by atoms with E-state index in [1.165, 1.54) is 36.1 Å². The van der Waals surface area contributed by atoms with Crippen molar-refractivity contribution >= 4 is 11.8 Å². The van der Waals surface area contributed by atoms with Gasteiger partial charge in [0.2, 0.25) is 11.8 Å². The van der Waals surface area contributed by atoms with Crippen molar-refractivity contribution in [3.63, 3.8) is 0 Å². The molecule has 1 heterocycles. The van der Waals surface area contributed by atoms with E-state index in [1.807, 2.05) is 0 Å². The summed E-state index contributed by atoms with van der Waals surface area (Å²) in [5, 5.41) is 12.9. The molecule has 1 unspecified atom stereocenters.